The Balaban J connectivity index is 1.52. The summed E-state index contributed by atoms with van der Waals surface area (Å²) in [6, 6.07) is 15.7. The lowest BCUT2D eigenvalue weighted by molar-refractivity contribution is -0.117. The molecular weight excluding hydrogens is 300 g/mol. The van der Waals surface area contributed by atoms with Gasteiger partial charge < -0.3 is 10.2 Å². The van der Waals surface area contributed by atoms with E-state index in [1.807, 2.05) is 24.3 Å². The van der Waals surface area contributed by atoms with E-state index in [0.29, 0.717) is 12.8 Å². The Morgan fingerprint density at radius 3 is 2.42 bits per heavy atom. The van der Waals surface area contributed by atoms with Crippen LogP contribution in [0.1, 0.15) is 30.4 Å². The van der Waals surface area contributed by atoms with Gasteiger partial charge in [-0.25, -0.2) is 0 Å². The summed E-state index contributed by atoms with van der Waals surface area (Å²) in [4.78, 5) is 25.6. The molecule has 0 atom stereocenters. The maximum absolute atomic E-state index is 12.1. The van der Waals surface area contributed by atoms with Gasteiger partial charge in [0.05, 0.1) is 0 Å². The molecule has 1 aliphatic rings. The van der Waals surface area contributed by atoms with Crippen LogP contribution in [0.5, 0.6) is 0 Å². The van der Waals surface area contributed by atoms with Crippen LogP contribution in [0.15, 0.2) is 48.5 Å². The zero-order chi connectivity index (χ0) is 16.9. The number of carbonyl (C=O) groups is 2. The van der Waals surface area contributed by atoms with Crippen molar-refractivity contribution in [2.45, 2.75) is 32.6 Å². The quantitative estimate of drug-likeness (QED) is 0.912. The van der Waals surface area contributed by atoms with Crippen LogP contribution in [0, 0.1) is 6.92 Å². The number of nitrogens with one attached hydrogen (secondary N) is 1. The maximum atomic E-state index is 12.1. The number of benzene rings is 2. The van der Waals surface area contributed by atoms with Gasteiger partial charge in [0.1, 0.15) is 0 Å². The molecule has 0 unspecified atom stereocenters. The number of anilines is 2. The highest BCUT2D eigenvalue weighted by Gasteiger charge is 2.21. The molecule has 0 bridgehead atoms. The van der Waals surface area contributed by atoms with Crippen molar-refractivity contribution >= 4 is 23.2 Å². The van der Waals surface area contributed by atoms with Crippen molar-refractivity contribution in [3.63, 3.8) is 0 Å². The van der Waals surface area contributed by atoms with E-state index in [0.717, 1.165) is 30.8 Å². The van der Waals surface area contributed by atoms with Gasteiger partial charge in [-0.1, -0.05) is 29.8 Å². The first-order valence-corrected chi connectivity index (χ1v) is 8.38. The van der Waals surface area contributed by atoms with Crippen molar-refractivity contribution in [3.05, 3.63) is 59.7 Å². The fourth-order valence-electron chi connectivity index (χ4n) is 2.88. The average molecular weight is 322 g/mol. The van der Waals surface area contributed by atoms with E-state index in [-0.39, 0.29) is 11.8 Å². The van der Waals surface area contributed by atoms with Crippen LogP contribution in [0.25, 0.3) is 0 Å². The smallest absolute Gasteiger partial charge is 0.227 e. The van der Waals surface area contributed by atoms with Crippen molar-refractivity contribution in [2.24, 2.45) is 0 Å². The summed E-state index contributed by atoms with van der Waals surface area (Å²) in [7, 11) is 0. The Hall–Kier alpha value is -2.62. The molecule has 2 aromatic carbocycles. The molecule has 4 nitrogen and oxygen atoms in total. The zero-order valence-electron chi connectivity index (χ0n) is 13.9. The molecule has 2 aromatic rings. The normalized spacial score (nSPS) is 14.0. The van der Waals surface area contributed by atoms with Crippen LogP contribution in [0.2, 0.25) is 0 Å². The predicted molar refractivity (Wildman–Crippen MR) is 96.2 cm³/mol. The van der Waals surface area contributed by atoms with E-state index in [4.69, 9.17) is 0 Å². The Labute approximate surface area is 142 Å². The van der Waals surface area contributed by atoms with Gasteiger partial charge in [-0.05, 0) is 49.6 Å². The largest absolute Gasteiger partial charge is 0.326 e. The Morgan fingerprint density at radius 1 is 1.08 bits per heavy atom. The number of carbonyl (C=O) groups excluding carboxylic acids is 2. The lowest BCUT2D eigenvalue weighted by Gasteiger charge is -2.16. The molecule has 0 aromatic heterocycles. The number of aryl methyl sites for hydroxylation is 2. The van der Waals surface area contributed by atoms with Crippen molar-refractivity contribution in [2.75, 3.05) is 16.8 Å². The van der Waals surface area contributed by atoms with Crippen LogP contribution in [-0.4, -0.2) is 18.4 Å². The molecule has 0 saturated carbocycles. The first-order valence-electron chi connectivity index (χ1n) is 8.38. The number of amides is 2. The fourth-order valence-corrected chi connectivity index (χ4v) is 2.88. The highest BCUT2D eigenvalue weighted by atomic mass is 16.2. The van der Waals surface area contributed by atoms with Crippen LogP contribution in [0.4, 0.5) is 11.4 Å². The monoisotopic (exact) mass is 322 g/mol. The van der Waals surface area contributed by atoms with E-state index in [9.17, 15) is 9.59 Å². The highest BCUT2D eigenvalue weighted by molar-refractivity contribution is 5.96. The van der Waals surface area contributed by atoms with E-state index in [1.54, 1.807) is 4.90 Å². The van der Waals surface area contributed by atoms with Gasteiger partial charge in [-0.15, -0.1) is 0 Å². The standard InChI is InChI=1S/C20H22N2O2/c1-15-4-6-16(7-5-15)8-13-19(23)21-17-9-11-18(12-10-17)22-14-2-3-20(22)24/h4-7,9-12H,2-3,8,13-14H2,1H3,(H,21,23). The summed E-state index contributed by atoms with van der Waals surface area (Å²) in [6.45, 7) is 2.83. The molecule has 24 heavy (non-hydrogen) atoms. The summed E-state index contributed by atoms with van der Waals surface area (Å²) in [5.74, 6) is 0.172. The summed E-state index contributed by atoms with van der Waals surface area (Å²) >= 11 is 0. The minimum Gasteiger partial charge on any atom is -0.326 e. The fraction of sp³-hybridized carbons (Fsp3) is 0.300. The molecule has 1 saturated heterocycles. The van der Waals surface area contributed by atoms with Crippen molar-refractivity contribution in [1.29, 1.82) is 0 Å². The highest BCUT2D eigenvalue weighted by Crippen LogP contribution is 2.23. The topological polar surface area (TPSA) is 49.4 Å². The molecule has 1 fully saturated rings. The van der Waals surface area contributed by atoms with Crippen LogP contribution < -0.4 is 10.2 Å². The number of rotatable bonds is 5. The SMILES string of the molecule is Cc1ccc(CCC(=O)Nc2ccc(N3CCCC3=O)cc2)cc1. The Bertz CT molecular complexity index is 720. The van der Waals surface area contributed by atoms with Gasteiger partial charge in [0.15, 0.2) is 0 Å². The summed E-state index contributed by atoms with van der Waals surface area (Å²) in [6.07, 6.45) is 2.72. The third kappa shape index (κ3) is 4.02. The molecule has 2 amide bonds. The Morgan fingerprint density at radius 2 is 1.79 bits per heavy atom. The molecule has 3 rings (SSSR count). The average Bonchev–Trinajstić information content (AvgIpc) is 3.01. The van der Waals surface area contributed by atoms with Gasteiger partial charge >= 0.3 is 0 Å². The zero-order valence-corrected chi connectivity index (χ0v) is 13.9. The summed E-state index contributed by atoms with van der Waals surface area (Å²) in [5, 5.41) is 2.91. The first kappa shape index (κ1) is 16.2. The lowest BCUT2D eigenvalue weighted by Crippen LogP contribution is -2.23. The van der Waals surface area contributed by atoms with Gasteiger partial charge in [0.25, 0.3) is 0 Å². The Kier molecular flexibility index (Phi) is 4.94. The third-order valence-corrected chi connectivity index (χ3v) is 4.30. The van der Waals surface area contributed by atoms with Gasteiger partial charge in [0.2, 0.25) is 11.8 Å². The number of hydrogen-bond donors (Lipinski definition) is 1. The second-order valence-corrected chi connectivity index (χ2v) is 6.23. The lowest BCUT2D eigenvalue weighted by atomic mass is 10.1. The van der Waals surface area contributed by atoms with Gasteiger partial charge in [-0.2, -0.15) is 0 Å². The van der Waals surface area contributed by atoms with Gasteiger partial charge in [0, 0.05) is 30.8 Å². The molecule has 1 heterocycles. The summed E-state index contributed by atoms with van der Waals surface area (Å²) in [5.41, 5.74) is 4.05. The van der Waals surface area contributed by atoms with Crippen molar-refractivity contribution < 1.29 is 9.59 Å². The minimum atomic E-state index is 0.000531. The van der Waals surface area contributed by atoms with E-state index in [2.05, 4.69) is 36.5 Å². The number of nitrogens with zero attached hydrogens (tertiary/aromatic N) is 1. The second kappa shape index (κ2) is 7.30. The van der Waals surface area contributed by atoms with Crippen molar-refractivity contribution in [3.8, 4) is 0 Å². The van der Waals surface area contributed by atoms with Crippen LogP contribution in [-0.2, 0) is 16.0 Å². The molecule has 0 spiro atoms. The van der Waals surface area contributed by atoms with Crippen LogP contribution >= 0.6 is 0 Å². The van der Waals surface area contributed by atoms with E-state index >= 15 is 0 Å². The van der Waals surface area contributed by atoms with Crippen LogP contribution in [0.3, 0.4) is 0 Å². The predicted octanol–water partition coefficient (Wildman–Crippen LogP) is 3.69. The third-order valence-electron chi connectivity index (χ3n) is 4.30. The first-order chi connectivity index (χ1) is 11.6. The molecule has 1 N–H and O–H groups in total. The molecule has 1 aliphatic heterocycles. The number of hydrogen-bond acceptors (Lipinski definition) is 2. The van der Waals surface area contributed by atoms with E-state index < -0.39 is 0 Å². The maximum Gasteiger partial charge on any atom is 0.227 e. The molecular formula is C20H22N2O2. The van der Waals surface area contributed by atoms with Crippen molar-refractivity contribution in [1.82, 2.24) is 0 Å². The summed E-state index contributed by atoms with van der Waals surface area (Å²) < 4.78 is 0. The van der Waals surface area contributed by atoms with E-state index in [1.165, 1.54) is 11.1 Å². The molecule has 0 radical (unpaired) electrons. The molecule has 4 heteroatoms. The van der Waals surface area contributed by atoms with Gasteiger partial charge in [-0.3, -0.25) is 9.59 Å². The molecule has 124 valence electrons. The molecule has 0 aliphatic carbocycles. The second-order valence-electron chi connectivity index (χ2n) is 6.23. The minimum absolute atomic E-state index is 0.000531.